The van der Waals surface area contributed by atoms with E-state index in [0.29, 0.717) is 12.2 Å². The monoisotopic (exact) mass is 310 g/mol. The third-order valence-corrected chi connectivity index (χ3v) is 4.14. The van der Waals surface area contributed by atoms with Crippen LogP contribution in [0.2, 0.25) is 5.02 Å². The smallest absolute Gasteiger partial charge is 0.335 e. The van der Waals surface area contributed by atoms with Crippen molar-refractivity contribution in [3.8, 4) is 0 Å². The second kappa shape index (κ2) is 6.80. The van der Waals surface area contributed by atoms with Crippen molar-refractivity contribution in [3.63, 3.8) is 0 Å². The molecule has 1 aromatic rings. The van der Waals surface area contributed by atoms with Crippen LogP contribution in [0.15, 0.2) is 18.2 Å². The van der Waals surface area contributed by atoms with Gasteiger partial charge < -0.3 is 15.3 Å². The SMILES string of the molecule is CCN(C(=O)Nc1ccc(C(=O)O)cc1Cl)C1CCCC1. The molecule has 1 saturated carbocycles. The molecule has 0 bridgehead atoms. The summed E-state index contributed by atoms with van der Waals surface area (Å²) in [6, 6.07) is 4.38. The van der Waals surface area contributed by atoms with Crippen LogP contribution in [0.3, 0.4) is 0 Å². The summed E-state index contributed by atoms with van der Waals surface area (Å²) in [7, 11) is 0. The first-order chi connectivity index (χ1) is 10.0. The Morgan fingerprint density at radius 2 is 2.05 bits per heavy atom. The molecule has 1 aliphatic carbocycles. The zero-order valence-corrected chi connectivity index (χ0v) is 12.7. The molecular weight excluding hydrogens is 292 g/mol. The Bertz CT molecular complexity index is 542. The predicted octanol–water partition coefficient (Wildman–Crippen LogP) is 3.83. The molecule has 21 heavy (non-hydrogen) atoms. The van der Waals surface area contributed by atoms with Crippen LogP contribution >= 0.6 is 11.6 Å². The molecule has 0 radical (unpaired) electrons. The maximum atomic E-state index is 12.3. The van der Waals surface area contributed by atoms with Gasteiger partial charge in [0.1, 0.15) is 0 Å². The fourth-order valence-electron chi connectivity index (χ4n) is 2.72. The third-order valence-electron chi connectivity index (χ3n) is 3.82. The molecular formula is C15H19ClN2O3. The van der Waals surface area contributed by atoms with Gasteiger partial charge in [-0.25, -0.2) is 9.59 Å². The van der Waals surface area contributed by atoms with Crippen molar-refractivity contribution in [1.82, 2.24) is 4.90 Å². The molecule has 0 aliphatic heterocycles. The van der Waals surface area contributed by atoms with Crippen LogP contribution in [-0.4, -0.2) is 34.6 Å². The van der Waals surface area contributed by atoms with Gasteiger partial charge in [-0.2, -0.15) is 0 Å². The number of hydrogen-bond donors (Lipinski definition) is 2. The van der Waals surface area contributed by atoms with Crippen LogP contribution in [0.25, 0.3) is 0 Å². The molecule has 6 heteroatoms. The first kappa shape index (κ1) is 15.6. The molecule has 0 heterocycles. The first-order valence-electron chi connectivity index (χ1n) is 7.13. The average Bonchev–Trinajstić information content (AvgIpc) is 2.95. The van der Waals surface area contributed by atoms with Crippen LogP contribution in [0, 0.1) is 0 Å². The van der Waals surface area contributed by atoms with E-state index in [1.807, 2.05) is 11.8 Å². The van der Waals surface area contributed by atoms with Crippen molar-refractivity contribution in [1.29, 1.82) is 0 Å². The molecule has 114 valence electrons. The molecule has 2 N–H and O–H groups in total. The Morgan fingerprint density at radius 3 is 2.57 bits per heavy atom. The molecule has 0 atom stereocenters. The molecule has 1 fully saturated rings. The van der Waals surface area contributed by atoms with Crippen molar-refractivity contribution < 1.29 is 14.7 Å². The van der Waals surface area contributed by atoms with E-state index in [1.54, 1.807) is 0 Å². The van der Waals surface area contributed by atoms with Crippen molar-refractivity contribution in [3.05, 3.63) is 28.8 Å². The van der Waals surface area contributed by atoms with Crippen LogP contribution in [0.5, 0.6) is 0 Å². The molecule has 5 nitrogen and oxygen atoms in total. The predicted molar refractivity (Wildman–Crippen MR) is 82.1 cm³/mol. The summed E-state index contributed by atoms with van der Waals surface area (Å²) >= 11 is 6.03. The zero-order chi connectivity index (χ0) is 15.4. The lowest BCUT2D eigenvalue weighted by Gasteiger charge is -2.28. The first-order valence-corrected chi connectivity index (χ1v) is 7.51. The maximum Gasteiger partial charge on any atom is 0.335 e. The highest BCUT2D eigenvalue weighted by Crippen LogP contribution is 2.26. The average molecular weight is 311 g/mol. The zero-order valence-electron chi connectivity index (χ0n) is 11.9. The van der Waals surface area contributed by atoms with Gasteiger partial charge in [-0.1, -0.05) is 24.4 Å². The minimum absolute atomic E-state index is 0.0983. The van der Waals surface area contributed by atoms with Gasteiger partial charge in [-0.05, 0) is 38.0 Å². The maximum absolute atomic E-state index is 12.3. The summed E-state index contributed by atoms with van der Waals surface area (Å²) < 4.78 is 0. The number of halogens is 1. The highest BCUT2D eigenvalue weighted by molar-refractivity contribution is 6.34. The number of urea groups is 1. The normalized spacial score (nSPS) is 15.0. The Morgan fingerprint density at radius 1 is 1.38 bits per heavy atom. The van der Waals surface area contributed by atoms with E-state index >= 15 is 0 Å². The van der Waals surface area contributed by atoms with E-state index < -0.39 is 5.97 Å². The quantitative estimate of drug-likeness (QED) is 0.887. The van der Waals surface area contributed by atoms with Crippen LogP contribution in [0.1, 0.15) is 43.0 Å². The van der Waals surface area contributed by atoms with Gasteiger partial charge in [0.15, 0.2) is 0 Å². The summed E-state index contributed by atoms with van der Waals surface area (Å²) in [6.45, 7) is 2.59. The fraction of sp³-hybridized carbons (Fsp3) is 0.467. The molecule has 1 aliphatic rings. The van der Waals surface area contributed by atoms with Crippen LogP contribution in [-0.2, 0) is 0 Å². The summed E-state index contributed by atoms with van der Waals surface area (Å²) in [4.78, 5) is 25.0. The van der Waals surface area contributed by atoms with Crippen molar-refractivity contribution in [2.45, 2.75) is 38.6 Å². The fourth-order valence-corrected chi connectivity index (χ4v) is 2.95. The van der Waals surface area contributed by atoms with Gasteiger partial charge in [0.2, 0.25) is 0 Å². The van der Waals surface area contributed by atoms with Crippen LogP contribution in [0.4, 0.5) is 10.5 Å². The van der Waals surface area contributed by atoms with Crippen molar-refractivity contribution >= 4 is 29.3 Å². The van der Waals surface area contributed by atoms with E-state index in [2.05, 4.69) is 5.32 Å². The van der Waals surface area contributed by atoms with E-state index in [4.69, 9.17) is 16.7 Å². The Hall–Kier alpha value is -1.75. The van der Waals surface area contributed by atoms with E-state index in [-0.39, 0.29) is 22.7 Å². The number of carboxylic acids is 1. The molecule has 0 aromatic heterocycles. The number of carboxylic acid groups (broad SMARTS) is 1. The molecule has 0 saturated heterocycles. The third kappa shape index (κ3) is 3.67. The number of nitrogens with one attached hydrogen (secondary N) is 1. The van der Waals surface area contributed by atoms with Gasteiger partial charge in [-0.15, -0.1) is 0 Å². The number of rotatable bonds is 4. The minimum atomic E-state index is -1.05. The topological polar surface area (TPSA) is 69.6 Å². The van der Waals surface area contributed by atoms with Gasteiger partial charge >= 0.3 is 12.0 Å². The number of aromatic carboxylic acids is 1. The van der Waals surface area contributed by atoms with E-state index in [0.717, 1.165) is 25.7 Å². The lowest BCUT2D eigenvalue weighted by Crippen LogP contribution is -2.41. The number of nitrogens with zero attached hydrogens (tertiary/aromatic N) is 1. The van der Waals surface area contributed by atoms with E-state index in [1.165, 1.54) is 18.2 Å². The van der Waals surface area contributed by atoms with Crippen molar-refractivity contribution in [2.75, 3.05) is 11.9 Å². The second-order valence-corrected chi connectivity index (χ2v) is 5.56. The number of carbonyl (C=O) groups is 2. The Balaban J connectivity index is 2.09. The van der Waals surface area contributed by atoms with Crippen LogP contribution < -0.4 is 5.32 Å². The minimum Gasteiger partial charge on any atom is -0.478 e. The van der Waals surface area contributed by atoms with Gasteiger partial charge in [0, 0.05) is 12.6 Å². The molecule has 2 rings (SSSR count). The number of carbonyl (C=O) groups excluding carboxylic acids is 1. The summed E-state index contributed by atoms with van der Waals surface area (Å²) in [5.41, 5.74) is 0.532. The highest BCUT2D eigenvalue weighted by atomic mass is 35.5. The Labute approximate surface area is 128 Å². The van der Waals surface area contributed by atoms with Gasteiger partial charge in [-0.3, -0.25) is 0 Å². The summed E-state index contributed by atoms with van der Waals surface area (Å²) in [5, 5.41) is 11.9. The number of benzene rings is 1. The number of anilines is 1. The summed E-state index contributed by atoms with van der Waals surface area (Å²) in [6.07, 6.45) is 4.38. The Kier molecular flexibility index (Phi) is 5.07. The van der Waals surface area contributed by atoms with Gasteiger partial charge in [0.05, 0.1) is 16.3 Å². The molecule has 0 unspecified atom stereocenters. The van der Waals surface area contributed by atoms with Crippen molar-refractivity contribution in [2.24, 2.45) is 0 Å². The number of amides is 2. The van der Waals surface area contributed by atoms with Gasteiger partial charge in [0.25, 0.3) is 0 Å². The number of hydrogen-bond acceptors (Lipinski definition) is 2. The largest absolute Gasteiger partial charge is 0.478 e. The standard InChI is InChI=1S/C15H19ClN2O3/c1-2-18(11-5-3-4-6-11)15(21)17-13-8-7-10(14(19)20)9-12(13)16/h7-9,11H,2-6H2,1H3,(H,17,21)(H,19,20). The second-order valence-electron chi connectivity index (χ2n) is 5.15. The molecule has 2 amide bonds. The lowest BCUT2D eigenvalue weighted by molar-refractivity contribution is 0.0697. The lowest BCUT2D eigenvalue weighted by atomic mass is 10.2. The molecule has 1 aromatic carbocycles. The summed E-state index contributed by atoms with van der Waals surface area (Å²) in [5.74, 6) is -1.05. The molecule has 0 spiro atoms. The highest BCUT2D eigenvalue weighted by Gasteiger charge is 2.25. The van der Waals surface area contributed by atoms with E-state index in [9.17, 15) is 9.59 Å².